The maximum atomic E-state index is 13.7. The lowest BCUT2D eigenvalue weighted by Crippen LogP contribution is -2.80. The molecule has 0 radical (unpaired) electrons. The van der Waals surface area contributed by atoms with Crippen molar-refractivity contribution in [3.63, 3.8) is 0 Å². The third-order valence-electron chi connectivity index (χ3n) is 4.18. The predicted octanol–water partition coefficient (Wildman–Crippen LogP) is 3.98. The molecule has 0 aliphatic carbocycles. The van der Waals surface area contributed by atoms with Gasteiger partial charge < -0.3 is 10.1 Å². The molecule has 3 rings (SSSR count). The van der Waals surface area contributed by atoms with Crippen LogP contribution >= 0.6 is 0 Å². The van der Waals surface area contributed by atoms with Gasteiger partial charge in [-0.1, -0.05) is 60.2 Å². The first-order valence-corrected chi connectivity index (χ1v) is 8.54. The van der Waals surface area contributed by atoms with Gasteiger partial charge >= 0.3 is 0 Å². The average molecular weight is 336 g/mol. The molecular formula is C22H23FNO+. The largest absolute Gasteiger partial charge is 0.488 e. The van der Waals surface area contributed by atoms with E-state index in [9.17, 15) is 4.39 Å². The van der Waals surface area contributed by atoms with Crippen LogP contribution in [0.5, 0.6) is 5.75 Å². The summed E-state index contributed by atoms with van der Waals surface area (Å²) in [7, 11) is 0. The standard InChI is InChI=1S/C22H22FNO/c1-17-10-12-18(13-11-17)14-24-15-19-6-3-5-9-22(19)25-16-20-7-2-4-8-21(20)23/h2-13,24H,14-16H2,1H3/p+1. The number of rotatable bonds is 7. The highest BCUT2D eigenvalue weighted by atomic mass is 19.1. The third kappa shape index (κ3) is 4.91. The highest BCUT2D eigenvalue weighted by Gasteiger charge is 2.07. The molecule has 0 bridgehead atoms. The van der Waals surface area contributed by atoms with Crippen LogP contribution in [0, 0.1) is 12.7 Å². The molecule has 0 aromatic heterocycles. The second-order valence-electron chi connectivity index (χ2n) is 6.17. The van der Waals surface area contributed by atoms with Crippen molar-refractivity contribution in [2.45, 2.75) is 26.6 Å². The number of para-hydroxylation sites is 1. The van der Waals surface area contributed by atoms with E-state index < -0.39 is 0 Å². The van der Waals surface area contributed by atoms with Gasteiger partial charge in [-0.3, -0.25) is 0 Å². The highest BCUT2D eigenvalue weighted by Crippen LogP contribution is 2.19. The lowest BCUT2D eigenvalue weighted by Gasteiger charge is -2.11. The molecule has 3 heteroatoms. The molecule has 2 N–H and O–H groups in total. The van der Waals surface area contributed by atoms with Gasteiger partial charge in [0.15, 0.2) is 0 Å². The minimum atomic E-state index is -0.231. The van der Waals surface area contributed by atoms with Crippen LogP contribution in [0.3, 0.4) is 0 Å². The number of hydrogen-bond donors (Lipinski definition) is 1. The number of halogens is 1. The molecule has 0 saturated carbocycles. The maximum absolute atomic E-state index is 13.7. The Morgan fingerprint density at radius 1 is 0.800 bits per heavy atom. The van der Waals surface area contributed by atoms with Crippen LogP contribution in [0.15, 0.2) is 72.8 Å². The maximum Gasteiger partial charge on any atom is 0.129 e. The molecule has 0 amide bonds. The Labute approximate surface area is 148 Å². The van der Waals surface area contributed by atoms with Crippen LogP contribution in [0.2, 0.25) is 0 Å². The van der Waals surface area contributed by atoms with Crippen molar-refractivity contribution in [1.29, 1.82) is 0 Å². The Kier molecular flexibility index (Phi) is 5.81. The zero-order valence-electron chi connectivity index (χ0n) is 14.4. The molecular weight excluding hydrogens is 313 g/mol. The average Bonchev–Trinajstić information content (AvgIpc) is 2.64. The smallest absolute Gasteiger partial charge is 0.129 e. The first-order valence-electron chi connectivity index (χ1n) is 8.54. The van der Waals surface area contributed by atoms with Crippen molar-refractivity contribution in [2.75, 3.05) is 0 Å². The number of nitrogens with two attached hydrogens (primary N) is 1. The summed E-state index contributed by atoms with van der Waals surface area (Å²) in [5.41, 5.74) is 4.26. The number of benzene rings is 3. The zero-order chi connectivity index (χ0) is 17.5. The minimum absolute atomic E-state index is 0.231. The van der Waals surface area contributed by atoms with Crippen LogP contribution in [0.4, 0.5) is 4.39 Å². The SMILES string of the molecule is Cc1ccc(C[NH2+]Cc2ccccc2OCc2ccccc2F)cc1. The van der Waals surface area contributed by atoms with Crippen LogP contribution in [-0.4, -0.2) is 0 Å². The molecule has 128 valence electrons. The molecule has 0 unspecified atom stereocenters. The van der Waals surface area contributed by atoms with Crippen molar-refractivity contribution < 1.29 is 14.4 Å². The van der Waals surface area contributed by atoms with Gasteiger partial charge in [0.25, 0.3) is 0 Å². The fourth-order valence-electron chi connectivity index (χ4n) is 2.70. The fraction of sp³-hybridized carbons (Fsp3) is 0.182. The van der Waals surface area contributed by atoms with E-state index >= 15 is 0 Å². The van der Waals surface area contributed by atoms with E-state index in [1.807, 2.05) is 24.3 Å². The summed E-state index contributed by atoms with van der Waals surface area (Å²) < 4.78 is 19.6. The number of hydrogen-bond acceptors (Lipinski definition) is 1. The summed E-state index contributed by atoms with van der Waals surface area (Å²) in [6.45, 7) is 4.07. The monoisotopic (exact) mass is 336 g/mol. The third-order valence-corrected chi connectivity index (χ3v) is 4.18. The zero-order valence-corrected chi connectivity index (χ0v) is 14.4. The normalized spacial score (nSPS) is 10.6. The highest BCUT2D eigenvalue weighted by molar-refractivity contribution is 5.33. The van der Waals surface area contributed by atoms with Crippen molar-refractivity contribution in [3.05, 3.63) is 101 Å². The van der Waals surface area contributed by atoms with Gasteiger partial charge in [-0.05, 0) is 25.1 Å². The summed E-state index contributed by atoms with van der Waals surface area (Å²) >= 11 is 0. The molecule has 0 aliphatic rings. The van der Waals surface area contributed by atoms with E-state index in [4.69, 9.17) is 4.74 Å². The van der Waals surface area contributed by atoms with Gasteiger partial charge in [0, 0.05) is 16.7 Å². The van der Waals surface area contributed by atoms with E-state index in [1.165, 1.54) is 17.2 Å². The summed E-state index contributed by atoms with van der Waals surface area (Å²) in [6, 6.07) is 23.3. The molecule has 0 aliphatic heterocycles. The predicted molar refractivity (Wildman–Crippen MR) is 97.7 cm³/mol. The number of quaternary nitrogens is 1. The van der Waals surface area contributed by atoms with Crippen molar-refractivity contribution in [3.8, 4) is 5.75 Å². The van der Waals surface area contributed by atoms with Crippen molar-refractivity contribution in [2.24, 2.45) is 0 Å². The minimum Gasteiger partial charge on any atom is -0.488 e. The molecule has 0 saturated heterocycles. The van der Waals surface area contributed by atoms with Crippen LogP contribution in [0.25, 0.3) is 0 Å². The van der Waals surface area contributed by atoms with E-state index in [0.29, 0.717) is 5.56 Å². The summed E-state index contributed by atoms with van der Waals surface area (Å²) in [4.78, 5) is 0. The lowest BCUT2D eigenvalue weighted by atomic mass is 10.1. The second-order valence-corrected chi connectivity index (χ2v) is 6.17. The summed E-state index contributed by atoms with van der Waals surface area (Å²) in [5, 5.41) is 2.25. The van der Waals surface area contributed by atoms with Gasteiger partial charge in [0.05, 0.1) is 0 Å². The quantitative estimate of drug-likeness (QED) is 0.694. The molecule has 3 aromatic rings. The van der Waals surface area contributed by atoms with E-state index in [1.54, 1.807) is 12.1 Å². The van der Waals surface area contributed by atoms with E-state index in [0.717, 1.165) is 24.4 Å². The van der Waals surface area contributed by atoms with Gasteiger partial charge in [-0.15, -0.1) is 0 Å². The van der Waals surface area contributed by atoms with E-state index in [2.05, 4.69) is 42.6 Å². The van der Waals surface area contributed by atoms with Gasteiger partial charge in [0.2, 0.25) is 0 Å². The topological polar surface area (TPSA) is 25.8 Å². The second kappa shape index (κ2) is 8.45. The Morgan fingerprint density at radius 2 is 1.48 bits per heavy atom. The Bertz CT molecular complexity index is 814. The molecule has 0 spiro atoms. The first kappa shape index (κ1) is 17.2. The lowest BCUT2D eigenvalue weighted by molar-refractivity contribution is -0.686. The van der Waals surface area contributed by atoms with Crippen molar-refractivity contribution >= 4 is 0 Å². The van der Waals surface area contributed by atoms with E-state index in [-0.39, 0.29) is 12.4 Å². The Morgan fingerprint density at radius 3 is 2.24 bits per heavy atom. The molecule has 3 aromatic carbocycles. The number of aryl methyl sites for hydroxylation is 1. The van der Waals surface area contributed by atoms with Gasteiger partial charge in [-0.25, -0.2) is 4.39 Å². The van der Waals surface area contributed by atoms with Crippen molar-refractivity contribution in [1.82, 2.24) is 0 Å². The first-order chi connectivity index (χ1) is 12.2. The van der Waals surface area contributed by atoms with Gasteiger partial charge in [0.1, 0.15) is 31.3 Å². The van der Waals surface area contributed by atoms with Crippen LogP contribution in [-0.2, 0) is 19.7 Å². The van der Waals surface area contributed by atoms with Gasteiger partial charge in [-0.2, -0.15) is 0 Å². The number of ether oxygens (including phenoxy) is 1. The molecule has 0 atom stereocenters. The summed E-state index contributed by atoms with van der Waals surface area (Å²) in [5.74, 6) is 0.580. The summed E-state index contributed by atoms with van der Waals surface area (Å²) in [6.07, 6.45) is 0. The molecule has 0 heterocycles. The molecule has 25 heavy (non-hydrogen) atoms. The van der Waals surface area contributed by atoms with Crippen LogP contribution in [0.1, 0.15) is 22.3 Å². The fourth-order valence-corrected chi connectivity index (χ4v) is 2.70. The molecule has 2 nitrogen and oxygen atoms in total. The Balaban J connectivity index is 1.59. The van der Waals surface area contributed by atoms with Crippen LogP contribution < -0.4 is 10.1 Å². The molecule has 0 fully saturated rings. The Hall–Kier alpha value is -2.65.